The zero-order valence-electron chi connectivity index (χ0n) is 13.8. The summed E-state index contributed by atoms with van der Waals surface area (Å²) >= 11 is 0. The molecule has 3 rings (SSSR count). The van der Waals surface area contributed by atoms with Crippen molar-refractivity contribution in [3.05, 3.63) is 59.4 Å². The molecular formula is C18H19FN2O3S. The third-order valence-corrected chi connectivity index (χ3v) is 6.13. The number of hydrogen-bond donors (Lipinski definition) is 1. The maximum absolute atomic E-state index is 13.3. The second kappa shape index (κ2) is 6.93. The van der Waals surface area contributed by atoms with E-state index in [1.807, 2.05) is 0 Å². The molecular weight excluding hydrogens is 343 g/mol. The van der Waals surface area contributed by atoms with Crippen molar-refractivity contribution < 1.29 is 17.6 Å². The SMILES string of the molecule is Cc1ccc(S(=O)(=O)N2CCCC2)cc1C(=O)Nc1cccc(F)c1. The van der Waals surface area contributed by atoms with Gasteiger partial charge >= 0.3 is 0 Å². The number of carbonyl (C=O) groups excluding carboxylic acids is 1. The minimum atomic E-state index is -3.60. The van der Waals surface area contributed by atoms with Gasteiger partial charge in [0.05, 0.1) is 4.90 Å². The third-order valence-electron chi connectivity index (χ3n) is 4.24. The molecule has 1 aliphatic rings. The van der Waals surface area contributed by atoms with Gasteiger partial charge in [-0.3, -0.25) is 4.79 Å². The van der Waals surface area contributed by atoms with Crippen LogP contribution >= 0.6 is 0 Å². The predicted octanol–water partition coefficient (Wildman–Crippen LogP) is 3.17. The molecule has 1 amide bonds. The molecule has 0 radical (unpaired) electrons. The summed E-state index contributed by atoms with van der Waals surface area (Å²) in [4.78, 5) is 12.6. The van der Waals surface area contributed by atoms with Crippen LogP contribution in [-0.4, -0.2) is 31.7 Å². The Morgan fingerprint density at radius 3 is 2.52 bits per heavy atom. The molecule has 0 spiro atoms. The number of amides is 1. The molecule has 1 fully saturated rings. The van der Waals surface area contributed by atoms with Gasteiger partial charge in [-0.05, 0) is 55.7 Å². The topological polar surface area (TPSA) is 66.5 Å². The van der Waals surface area contributed by atoms with Crippen LogP contribution < -0.4 is 5.32 Å². The molecule has 5 nitrogen and oxygen atoms in total. The lowest BCUT2D eigenvalue weighted by molar-refractivity contribution is 0.102. The van der Waals surface area contributed by atoms with Gasteiger partial charge in [-0.2, -0.15) is 4.31 Å². The standard InChI is InChI=1S/C18H19FN2O3S/c1-13-7-8-16(25(23,24)21-9-2-3-10-21)12-17(13)18(22)20-15-6-4-5-14(19)11-15/h4-8,11-12H,2-3,9-10H2,1H3,(H,20,22). The molecule has 0 aromatic heterocycles. The van der Waals surface area contributed by atoms with E-state index in [-0.39, 0.29) is 10.5 Å². The summed E-state index contributed by atoms with van der Waals surface area (Å²) in [6.45, 7) is 2.73. The number of anilines is 1. The van der Waals surface area contributed by atoms with Crippen LogP contribution in [0.1, 0.15) is 28.8 Å². The lowest BCUT2D eigenvalue weighted by atomic mass is 10.1. The molecule has 1 saturated heterocycles. The average molecular weight is 362 g/mol. The summed E-state index contributed by atoms with van der Waals surface area (Å²) in [7, 11) is -3.60. The first-order valence-corrected chi connectivity index (χ1v) is 9.50. The number of aryl methyl sites for hydroxylation is 1. The third kappa shape index (κ3) is 3.72. The van der Waals surface area contributed by atoms with Crippen LogP contribution in [0.2, 0.25) is 0 Å². The molecule has 1 N–H and O–H groups in total. The molecule has 2 aromatic carbocycles. The molecule has 0 atom stereocenters. The fourth-order valence-electron chi connectivity index (χ4n) is 2.85. The highest BCUT2D eigenvalue weighted by Gasteiger charge is 2.28. The van der Waals surface area contributed by atoms with Gasteiger partial charge in [0.2, 0.25) is 10.0 Å². The van der Waals surface area contributed by atoms with E-state index in [0.29, 0.717) is 24.3 Å². The molecule has 0 unspecified atom stereocenters. The second-order valence-corrected chi connectivity index (χ2v) is 7.99. The summed E-state index contributed by atoms with van der Waals surface area (Å²) in [6.07, 6.45) is 1.69. The summed E-state index contributed by atoms with van der Waals surface area (Å²) in [5.74, 6) is -0.929. The van der Waals surface area contributed by atoms with Crippen LogP contribution in [0.5, 0.6) is 0 Å². The number of nitrogens with one attached hydrogen (secondary N) is 1. The van der Waals surface area contributed by atoms with E-state index < -0.39 is 21.7 Å². The second-order valence-electron chi connectivity index (χ2n) is 6.05. The van der Waals surface area contributed by atoms with E-state index in [9.17, 15) is 17.6 Å². The van der Waals surface area contributed by atoms with E-state index in [4.69, 9.17) is 0 Å². The maximum Gasteiger partial charge on any atom is 0.255 e. The van der Waals surface area contributed by atoms with E-state index >= 15 is 0 Å². The van der Waals surface area contributed by atoms with E-state index in [2.05, 4.69) is 5.32 Å². The van der Waals surface area contributed by atoms with Crippen LogP contribution in [0, 0.1) is 12.7 Å². The van der Waals surface area contributed by atoms with Crippen LogP contribution in [0.3, 0.4) is 0 Å². The largest absolute Gasteiger partial charge is 0.322 e. The number of halogens is 1. The van der Waals surface area contributed by atoms with Gasteiger partial charge in [-0.25, -0.2) is 12.8 Å². The minimum absolute atomic E-state index is 0.101. The smallest absolute Gasteiger partial charge is 0.255 e. The number of sulfonamides is 1. The summed E-state index contributed by atoms with van der Waals surface area (Å²) < 4.78 is 40.0. The molecule has 1 heterocycles. The van der Waals surface area contributed by atoms with Crippen molar-refractivity contribution in [2.75, 3.05) is 18.4 Å². The maximum atomic E-state index is 13.3. The molecule has 7 heteroatoms. The number of carbonyl (C=O) groups is 1. The molecule has 132 valence electrons. The monoisotopic (exact) mass is 362 g/mol. The summed E-state index contributed by atoms with van der Waals surface area (Å²) in [5.41, 5.74) is 1.22. The van der Waals surface area contributed by atoms with Gasteiger partial charge in [0.15, 0.2) is 0 Å². The molecule has 0 bridgehead atoms. The minimum Gasteiger partial charge on any atom is -0.322 e. The van der Waals surface area contributed by atoms with E-state index in [1.54, 1.807) is 19.1 Å². The van der Waals surface area contributed by atoms with Crippen molar-refractivity contribution >= 4 is 21.6 Å². The zero-order chi connectivity index (χ0) is 18.0. The fourth-order valence-corrected chi connectivity index (χ4v) is 4.39. The average Bonchev–Trinajstić information content (AvgIpc) is 3.10. The highest BCUT2D eigenvalue weighted by Crippen LogP contribution is 2.23. The van der Waals surface area contributed by atoms with Crippen molar-refractivity contribution in [2.45, 2.75) is 24.7 Å². The molecule has 25 heavy (non-hydrogen) atoms. The molecule has 2 aromatic rings. The van der Waals surface area contributed by atoms with Gasteiger partial charge in [0.1, 0.15) is 5.82 Å². The fraction of sp³-hybridized carbons (Fsp3) is 0.278. The first kappa shape index (κ1) is 17.6. The van der Waals surface area contributed by atoms with Gasteiger partial charge in [0.25, 0.3) is 5.91 Å². The lowest BCUT2D eigenvalue weighted by Crippen LogP contribution is -2.28. The first-order chi connectivity index (χ1) is 11.9. The predicted molar refractivity (Wildman–Crippen MR) is 93.5 cm³/mol. The van der Waals surface area contributed by atoms with Crippen molar-refractivity contribution in [3.8, 4) is 0 Å². The van der Waals surface area contributed by atoms with E-state index in [1.165, 1.54) is 34.6 Å². The highest BCUT2D eigenvalue weighted by molar-refractivity contribution is 7.89. The Bertz CT molecular complexity index is 906. The van der Waals surface area contributed by atoms with Crippen LogP contribution in [0.4, 0.5) is 10.1 Å². The number of nitrogens with zero attached hydrogens (tertiary/aromatic N) is 1. The van der Waals surface area contributed by atoms with Crippen molar-refractivity contribution in [3.63, 3.8) is 0 Å². The lowest BCUT2D eigenvalue weighted by Gasteiger charge is -2.17. The van der Waals surface area contributed by atoms with Crippen LogP contribution in [0.25, 0.3) is 0 Å². The first-order valence-electron chi connectivity index (χ1n) is 8.05. The number of benzene rings is 2. The Labute approximate surface area is 146 Å². The highest BCUT2D eigenvalue weighted by atomic mass is 32.2. The molecule has 0 aliphatic carbocycles. The molecule has 1 aliphatic heterocycles. The Balaban J connectivity index is 1.90. The van der Waals surface area contributed by atoms with Crippen LogP contribution in [0.15, 0.2) is 47.4 Å². The summed E-state index contributed by atoms with van der Waals surface area (Å²) in [6, 6.07) is 10.1. The van der Waals surface area contributed by atoms with Gasteiger partial charge in [-0.15, -0.1) is 0 Å². The Hall–Kier alpha value is -2.25. The Morgan fingerprint density at radius 2 is 1.84 bits per heavy atom. The quantitative estimate of drug-likeness (QED) is 0.908. The van der Waals surface area contributed by atoms with Gasteiger partial charge in [-0.1, -0.05) is 12.1 Å². The van der Waals surface area contributed by atoms with Gasteiger partial charge < -0.3 is 5.32 Å². The zero-order valence-corrected chi connectivity index (χ0v) is 14.6. The number of rotatable bonds is 4. The van der Waals surface area contributed by atoms with Crippen molar-refractivity contribution in [1.29, 1.82) is 0 Å². The van der Waals surface area contributed by atoms with Crippen LogP contribution in [-0.2, 0) is 10.0 Å². The van der Waals surface area contributed by atoms with Gasteiger partial charge in [0, 0.05) is 24.3 Å². The molecule has 0 saturated carbocycles. The van der Waals surface area contributed by atoms with Crippen molar-refractivity contribution in [2.24, 2.45) is 0 Å². The Kier molecular flexibility index (Phi) is 4.87. The Morgan fingerprint density at radius 1 is 1.12 bits per heavy atom. The van der Waals surface area contributed by atoms with E-state index in [0.717, 1.165) is 12.8 Å². The number of hydrogen-bond acceptors (Lipinski definition) is 3. The normalized spacial score (nSPS) is 15.3. The summed E-state index contributed by atoms with van der Waals surface area (Å²) in [5, 5.41) is 2.60. The van der Waals surface area contributed by atoms with Crippen molar-refractivity contribution in [1.82, 2.24) is 4.31 Å².